The molecule has 0 aliphatic heterocycles. The van der Waals surface area contributed by atoms with Crippen molar-refractivity contribution in [3.63, 3.8) is 0 Å². The molecule has 0 saturated heterocycles. The molecule has 0 aliphatic rings. The largest absolute Gasteiger partial charge is 0.508 e. The quantitative estimate of drug-likeness (QED) is 0.690. The number of rotatable bonds is 1. The van der Waals surface area contributed by atoms with Crippen LogP contribution in [0.5, 0.6) is 11.5 Å². The van der Waals surface area contributed by atoms with E-state index in [1.807, 2.05) is 18.2 Å². The molecule has 3 rings (SSSR count). The zero-order chi connectivity index (χ0) is 11.8. The summed E-state index contributed by atoms with van der Waals surface area (Å²) >= 11 is 1.31. The van der Waals surface area contributed by atoms with E-state index in [0.717, 1.165) is 15.8 Å². The summed E-state index contributed by atoms with van der Waals surface area (Å²) in [6.07, 6.45) is 0. The molecule has 0 radical (unpaired) electrons. The van der Waals surface area contributed by atoms with Gasteiger partial charge in [-0.05, 0) is 29.7 Å². The van der Waals surface area contributed by atoms with E-state index >= 15 is 0 Å². The highest BCUT2D eigenvalue weighted by molar-refractivity contribution is 7.13. The van der Waals surface area contributed by atoms with E-state index in [1.165, 1.54) is 23.7 Å². The number of aromatic hydroxyl groups is 2. The third kappa shape index (κ3) is 1.60. The van der Waals surface area contributed by atoms with Gasteiger partial charge in [-0.2, -0.15) is 0 Å². The van der Waals surface area contributed by atoms with Gasteiger partial charge in [0.15, 0.2) is 0 Å². The fraction of sp³-hybridized carbons (Fsp3) is 0. The van der Waals surface area contributed by atoms with Crippen molar-refractivity contribution < 1.29 is 10.2 Å². The van der Waals surface area contributed by atoms with E-state index in [9.17, 15) is 10.2 Å². The number of hydrogen-bond acceptors (Lipinski definition) is 5. The Morgan fingerprint density at radius 3 is 2.71 bits per heavy atom. The van der Waals surface area contributed by atoms with Gasteiger partial charge < -0.3 is 10.2 Å². The van der Waals surface area contributed by atoms with E-state index in [-0.39, 0.29) is 11.5 Å². The SMILES string of the molecule is Oc1ccc(-c2cccc3snnc23)c(O)c1. The molecule has 0 amide bonds. The minimum Gasteiger partial charge on any atom is -0.508 e. The van der Waals surface area contributed by atoms with E-state index in [1.54, 1.807) is 6.07 Å². The molecule has 2 aromatic carbocycles. The summed E-state index contributed by atoms with van der Waals surface area (Å²) in [7, 11) is 0. The zero-order valence-corrected chi connectivity index (χ0v) is 9.48. The molecule has 4 nitrogen and oxygen atoms in total. The second kappa shape index (κ2) is 3.71. The first-order chi connectivity index (χ1) is 8.25. The molecule has 84 valence electrons. The van der Waals surface area contributed by atoms with Crippen molar-refractivity contribution in [3.8, 4) is 22.6 Å². The van der Waals surface area contributed by atoms with Crippen LogP contribution in [0.3, 0.4) is 0 Å². The lowest BCUT2D eigenvalue weighted by molar-refractivity contribution is 0.452. The molecule has 5 heteroatoms. The first kappa shape index (κ1) is 10.0. The smallest absolute Gasteiger partial charge is 0.127 e. The molecule has 0 spiro atoms. The van der Waals surface area contributed by atoms with E-state index in [0.29, 0.717) is 5.56 Å². The van der Waals surface area contributed by atoms with Crippen LogP contribution < -0.4 is 0 Å². The number of phenols is 2. The zero-order valence-electron chi connectivity index (χ0n) is 8.66. The van der Waals surface area contributed by atoms with Crippen molar-refractivity contribution in [1.29, 1.82) is 0 Å². The van der Waals surface area contributed by atoms with Gasteiger partial charge in [-0.1, -0.05) is 16.6 Å². The normalized spacial score (nSPS) is 10.8. The maximum Gasteiger partial charge on any atom is 0.127 e. The number of hydrogen-bond donors (Lipinski definition) is 2. The molecule has 2 N–H and O–H groups in total. The van der Waals surface area contributed by atoms with Crippen LogP contribution in [0.25, 0.3) is 21.3 Å². The van der Waals surface area contributed by atoms with Crippen LogP contribution in [0.1, 0.15) is 0 Å². The summed E-state index contributed by atoms with van der Waals surface area (Å²) < 4.78 is 4.86. The minimum atomic E-state index is 0.0329. The van der Waals surface area contributed by atoms with E-state index in [4.69, 9.17) is 0 Å². The van der Waals surface area contributed by atoms with Crippen LogP contribution in [0.4, 0.5) is 0 Å². The molecule has 0 atom stereocenters. The van der Waals surface area contributed by atoms with Crippen molar-refractivity contribution in [1.82, 2.24) is 9.59 Å². The van der Waals surface area contributed by atoms with Crippen LogP contribution in [-0.4, -0.2) is 19.8 Å². The Labute approximate surface area is 101 Å². The van der Waals surface area contributed by atoms with Crippen LogP contribution in [0.2, 0.25) is 0 Å². The Balaban J connectivity index is 2.30. The molecule has 0 bridgehead atoms. The van der Waals surface area contributed by atoms with Gasteiger partial charge in [-0.3, -0.25) is 0 Å². The first-order valence-electron chi connectivity index (χ1n) is 4.99. The summed E-state index contributed by atoms with van der Waals surface area (Å²) in [6.45, 7) is 0. The number of phenolic OH excluding ortho intramolecular Hbond substituents is 2. The third-order valence-electron chi connectivity index (χ3n) is 2.55. The third-order valence-corrected chi connectivity index (χ3v) is 3.24. The molecular weight excluding hydrogens is 236 g/mol. The van der Waals surface area contributed by atoms with Gasteiger partial charge >= 0.3 is 0 Å². The highest BCUT2D eigenvalue weighted by Gasteiger charge is 2.11. The monoisotopic (exact) mass is 244 g/mol. The summed E-state index contributed by atoms with van der Waals surface area (Å²) in [5.41, 5.74) is 2.22. The van der Waals surface area contributed by atoms with Crippen molar-refractivity contribution in [2.45, 2.75) is 0 Å². The van der Waals surface area contributed by atoms with Gasteiger partial charge in [0, 0.05) is 17.2 Å². The Hall–Kier alpha value is -2.14. The second-order valence-electron chi connectivity index (χ2n) is 3.63. The lowest BCUT2D eigenvalue weighted by atomic mass is 10.0. The summed E-state index contributed by atoms with van der Waals surface area (Å²) in [6, 6.07) is 10.2. The van der Waals surface area contributed by atoms with Crippen molar-refractivity contribution >= 4 is 21.7 Å². The molecular formula is C12H8N2O2S. The highest BCUT2D eigenvalue weighted by Crippen LogP contribution is 2.35. The standard InChI is InChI=1S/C12H8N2O2S/c15-7-4-5-8(10(16)6-7)9-2-1-3-11-12(9)13-14-17-11/h1-6,15-16H. The molecule has 17 heavy (non-hydrogen) atoms. The summed E-state index contributed by atoms with van der Waals surface area (Å²) in [5.74, 6) is 0.0697. The van der Waals surface area contributed by atoms with Crippen molar-refractivity contribution in [2.24, 2.45) is 0 Å². The summed E-state index contributed by atoms with van der Waals surface area (Å²) in [5, 5.41) is 23.2. The lowest BCUT2D eigenvalue weighted by Crippen LogP contribution is -1.81. The molecule has 3 aromatic rings. The molecule has 0 fully saturated rings. The topological polar surface area (TPSA) is 66.2 Å². The molecule has 0 aliphatic carbocycles. The van der Waals surface area contributed by atoms with Gasteiger partial charge in [0.1, 0.15) is 17.0 Å². The number of aromatic nitrogens is 2. The molecule has 1 aromatic heterocycles. The molecule has 0 unspecified atom stereocenters. The van der Waals surface area contributed by atoms with Gasteiger partial charge in [0.05, 0.1) is 4.70 Å². The summed E-state index contributed by atoms with van der Waals surface area (Å²) in [4.78, 5) is 0. The van der Waals surface area contributed by atoms with Crippen LogP contribution in [0, 0.1) is 0 Å². The fourth-order valence-electron chi connectivity index (χ4n) is 1.77. The van der Waals surface area contributed by atoms with Gasteiger partial charge in [0.25, 0.3) is 0 Å². The Kier molecular flexibility index (Phi) is 2.19. The van der Waals surface area contributed by atoms with E-state index in [2.05, 4.69) is 9.59 Å². The average molecular weight is 244 g/mol. The predicted octanol–water partition coefficient (Wildman–Crippen LogP) is 2.77. The number of nitrogens with zero attached hydrogens (tertiary/aromatic N) is 2. The predicted molar refractivity (Wildman–Crippen MR) is 66.2 cm³/mol. The van der Waals surface area contributed by atoms with Crippen molar-refractivity contribution in [2.75, 3.05) is 0 Å². The highest BCUT2D eigenvalue weighted by atomic mass is 32.1. The first-order valence-corrected chi connectivity index (χ1v) is 5.76. The number of fused-ring (bicyclic) bond motifs is 1. The van der Waals surface area contributed by atoms with Crippen molar-refractivity contribution in [3.05, 3.63) is 36.4 Å². The maximum atomic E-state index is 9.84. The van der Waals surface area contributed by atoms with Gasteiger partial charge in [0.2, 0.25) is 0 Å². The van der Waals surface area contributed by atoms with Crippen LogP contribution in [-0.2, 0) is 0 Å². The lowest BCUT2D eigenvalue weighted by Gasteiger charge is -2.05. The second-order valence-corrected chi connectivity index (χ2v) is 4.41. The Bertz CT molecular complexity index is 694. The van der Waals surface area contributed by atoms with Gasteiger partial charge in [-0.25, -0.2) is 0 Å². The Morgan fingerprint density at radius 1 is 1.00 bits per heavy atom. The Morgan fingerprint density at radius 2 is 1.88 bits per heavy atom. The molecule has 1 heterocycles. The maximum absolute atomic E-state index is 9.84. The molecule has 0 saturated carbocycles. The minimum absolute atomic E-state index is 0.0329. The van der Waals surface area contributed by atoms with Crippen LogP contribution >= 0.6 is 11.5 Å². The van der Waals surface area contributed by atoms with Crippen LogP contribution in [0.15, 0.2) is 36.4 Å². The van der Waals surface area contributed by atoms with Gasteiger partial charge in [-0.15, -0.1) is 5.10 Å². The van der Waals surface area contributed by atoms with E-state index < -0.39 is 0 Å². The fourth-order valence-corrected chi connectivity index (χ4v) is 2.36. The average Bonchev–Trinajstić information content (AvgIpc) is 2.77. The number of benzene rings is 2.